The van der Waals surface area contributed by atoms with E-state index in [1.807, 2.05) is 20.8 Å². The molecule has 0 saturated heterocycles. The van der Waals surface area contributed by atoms with Crippen LogP contribution in [0.4, 0.5) is 14.2 Å². The number of urea groups is 1. The number of halogens is 1. The molecule has 118 valence electrons. The van der Waals surface area contributed by atoms with E-state index in [9.17, 15) is 9.18 Å². The fourth-order valence-electron chi connectivity index (χ4n) is 1.85. The molecule has 0 spiro atoms. The number of rotatable bonds is 4. The molecule has 2 aromatic heterocycles. The van der Waals surface area contributed by atoms with E-state index in [-0.39, 0.29) is 6.03 Å². The SMILES string of the molecule is Cc1nc(-c2cncc(F)c2)sc1N(C)C(=O)NCC(C)C. The van der Waals surface area contributed by atoms with Crippen LogP contribution in [0.25, 0.3) is 10.6 Å². The number of nitrogens with zero attached hydrogens (tertiary/aromatic N) is 3. The molecule has 7 heteroatoms. The van der Waals surface area contributed by atoms with Gasteiger partial charge in [0, 0.05) is 25.4 Å². The summed E-state index contributed by atoms with van der Waals surface area (Å²) in [5.74, 6) is -0.0243. The van der Waals surface area contributed by atoms with Crippen molar-refractivity contribution in [1.29, 1.82) is 0 Å². The monoisotopic (exact) mass is 322 g/mol. The molecule has 0 bridgehead atoms. The van der Waals surface area contributed by atoms with E-state index < -0.39 is 5.82 Å². The summed E-state index contributed by atoms with van der Waals surface area (Å²) in [6.07, 6.45) is 2.71. The number of hydrogen-bond acceptors (Lipinski definition) is 4. The van der Waals surface area contributed by atoms with Gasteiger partial charge < -0.3 is 5.32 Å². The Labute approximate surface area is 133 Å². The molecule has 5 nitrogen and oxygen atoms in total. The molecule has 0 aliphatic heterocycles. The van der Waals surface area contributed by atoms with Gasteiger partial charge in [-0.25, -0.2) is 14.2 Å². The lowest BCUT2D eigenvalue weighted by atomic mass is 10.2. The minimum atomic E-state index is -0.407. The quantitative estimate of drug-likeness (QED) is 0.938. The van der Waals surface area contributed by atoms with Crippen molar-refractivity contribution in [2.24, 2.45) is 5.92 Å². The Morgan fingerprint density at radius 1 is 1.45 bits per heavy atom. The Morgan fingerprint density at radius 3 is 2.82 bits per heavy atom. The van der Waals surface area contributed by atoms with Gasteiger partial charge in [-0.3, -0.25) is 9.88 Å². The van der Waals surface area contributed by atoms with Crippen LogP contribution in [0.15, 0.2) is 18.5 Å². The molecular formula is C15H19FN4OS. The van der Waals surface area contributed by atoms with Crippen molar-refractivity contribution in [3.05, 3.63) is 30.0 Å². The third-order valence-electron chi connectivity index (χ3n) is 2.99. The summed E-state index contributed by atoms with van der Waals surface area (Å²) < 4.78 is 13.3. The van der Waals surface area contributed by atoms with Crippen molar-refractivity contribution in [3.8, 4) is 10.6 Å². The molecule has 0 aliphatic carbocycles. The molecule has 0 aliphatic rings. The van der Waals surface area contributed by atoms with Crippen molar-refractivity contribution in [2.75, 3.05) is 18.5 Å². The van der Waals surface area contributed by atoms with Crippen LogP contribution in [0.5, 0.6) is 0 Å². The predicted molar refractivity (Wildman–Crippen MR) is 86.7 cm³/mol. The Bertz CT molecular complexity index is 671. The van der Waals surface area contributed by atoms with Crippen LogP contribution in [0.2, 0.25) is 0 Å². The van der Waals surface area contributed by atoms with Crippen LogP contribution < -0.4 is 10.2 Å². The number of aryl methyl sites for hydroxylation is 1. The standard InChI is InChI=1S/C15H19FN4OS/c1-9(2)6-18-15(21)20(4)14-10(3)19-13(22-14)11-5-12(16)8-17-7-11/h5,7-9H,6H2,1-4H3,(H,18,21). The second-order valence-electron chi connectivity index (χ2n) is 5.44. The number of nitrogens with one attached hydrogen (secondary N) is 1. The van der Waals surface area contributed by atoms with Crippen molar-refractivity contribution in [3.63, 3.8) is 0 Å². The highest BCUT2D eigenvalue weighted by molar-refractivity contribution is 7.19. The van der Waals surface area contributed by atoms with E-state index in [2.05, 4.69) is 15.3 Å². The maximum atomic E-state index is 13.3. The van der Waals surface area contributed by atoms with E-state index in [1.165, 1.54) is 22.3 Å². The lowest BCUT2D eigenvalue weighted by molar-refractivity contribution is 0.246. The smallest absolute Gasteiger partial charge is 0.322 e. The number of anilines is 1. The molecule has 0 saturated carbocycles. The summed E-state index contributed by atoms with van der Waals surface area (Å²) in [6, 6.07) is 1.21. The Balaban J connectivity index is 2.20. The molecule has 0 radical (unpaired) electrons. The summed E-state index contributed by atoms with van der Waals surface area (Å²) in [4.78, 5) is 21.9. The lowest BCUT2D eigenvalue weighted by Gasteiger charge is -2.17. The van der Waals surface area contributed by atoms with Crippen LogP contribution in [-0.4, -0.2) is 29.6 Å². The largest absolute Gasteiger partial charge is 0.337 e. The van der Waals surface area contributed by atoms with Crippen LogP contribution in [-0.2, 0) is 0 Å². The van der Waals surface area contributed by atoms with Gasteiger partial charge in [0.2, 0.25) is 0 Å². The van der Waals surface area contributed by atoms with Gasteiger partial charge in [0.1, 0.15) is 15.8 Å². The van der Waals surface area contributed by atoms with E-state index in [1.54, 1.807) is 13.2 Å². The summed E-state index contributed by atoms with van der Waals surface area (Å²) in [7, 11) is 1.70. The summed E-state index contributed by atoms with van der Waals surface area (Å²) in [6.45, 7) is 6.51. The van der Waals surface area contributed by atoms with Crippen molar-refractivity contribution in [1.82, 2.24) is 15.3 Å². The van der Waals surface area contributed by atoms with Gasteiger partial charge in [0.25, 0.3) is 0 Å². The number of carbonyl (C=O) groups is 1. The average molecular weight is 322 g/mol. The third kappa shape index (κ3) is 3.79. The van der Waals surface area contributed by atoms with E-state index in [4.69, 9.17) is 0 Å². The molecule has 1 N–H and O–H groups in total. The number of thiazole rings is 1. The number of pyridine rings is 1. The minimum absolute atomic E-state index is 0.177. The second-order valence-corrected chi connectivity index (χ2v) is 6.42. The van der Waals surface area contributed by atoms with Gasteiger partial charge in [-0.15, -0.1) is 0 Å². The molecule has 0 aromatic carbocycles. The highest BCUT2D eigenvalue weighted by Gasteiger charge is 2.18. The molecule has 0 atom stereocenters. The molecule has 0 unspecified atom stereocenters. The number of amides is 2. The second kappa shape index (κ2) is 6.83. The average Bonchev–Trinajstić information content (AvgIpc) is 2.86. The van der Waals surface area contributed by atoms with Gasteiger partial charge in [0.05, 0.1) is 11.9 Å². The fourth-order valence-corrected chi connectivity index (χ4v) is 2.86. The first-order valence-electron chi connectivity index (χ1n) is 6.98. The first-order valence-corrected chi connectivity index (χ1v) is 7.80. The van der Waals surface area contributed by atoms with Crippen LogP contribution in [0.3, 0.4) is 0 Å². The normalized spacial score (nSPS) is 10.8. The lowest BCUT2D eigenvalue weighted by Crippen LogP contribution is -2.38. The zero-order valence-corrected chi connectivity index (χ0v) is 13.9. The molecule has 2 aromatic rings. The minimum Gasteiger partial charge on any atom is -0.337 e. The maximum absolute atomic E-state index is 13.3. The third-order valence-corrected chi connectivity index (χ3v) is 4.28. The first kappa shape index (κ1) is 16.4. The summed E-state index contributed by atoms with van der Waals surface area (Å²) in [5, 5.41) is 4.24. The fraction of sp³-hybridized carbons (Fsp3) is 0.400. The van der Waals surface area contributed by atoms with Crippen molar-refractivity contribution < 1.29 is 9.18 Å². The zero-order valence-electron chi connectivity index (χ0n) is 13.1. The molecule has 22 heavy (non-hydrogen) atoms. The molecule has 2 heterocycles. The van der Waals surface area contributed by atoms with E-state index in [0.717, 1.165) is 16.9 Å². The van der Waals surface area contributed by atoms with Crippen LogP contribution >= 0.6 is 11.3 Å². The van der Waals surface area contributed by atoms with E-state index >= 15 is 0 Å². The van der Waals surface area contributed by atoms with Gasteiger partial charge in [-0.05, 0) is 18.9 Å². The maximum Gasteiger partial charge on any atom is 0.322 e. The zero-order chi connectivity index (χ0) is 16.3. The van der Waals surface area contributed by atoms with Crippen LogP contribution in [0, 0.1) is 18.7 Å². The molecular weight excluding hydrogens is 303 g/mol. The Hall–Kier alpha value is -2.02. The number of aromatic nitrogens is 2. The molecule has 2 amide bonds. The number of carbonyl (C=O) groups excluding carboxylic acids is 1. The van der Waals surface area contributed by atoms with Crippen molar-refractivity contribution >= 4 is 22.4 Å². The first-order chi connectivity index (χ1) is 10.4. The number of hydrogen-bond donors (Lipinski definition) is 1. The van der Waals surface area contributed by atoms with Gasteiger partial charge in [-0.1, -0.05) is 25.2 Å². The van der Waals surface area contributed by atoms with E-state index in [0.29, 0.717) is 23.0 Å². The van der Waals surface area contributed by atoms with Gasteiger partial charge >= 0.3 is 6.03 Å². The molecule has 0 fully saturated rings. The Morgan fingerprint density at radius 2 is 2.18 bits per heavy atom. The van der Waals surface area contributed by atoms with Gasteiger partial charge in [-0.2, -0.15) is 0 Å². The summed E-state index contributed by atoms with van der Waals surface area (Å²) >= 11 is 1.34. The van der Waals surface area contributed by atoms with Crippen molar-refractivity contribution in [2.45, 2.75) is 20.8 Å². The van der Waals surface area contributed by atoms with Gasteiger partial charge in [0.15, 0.2) is 0 Å². The highest BCUT2D eigenvalue weighted by Crippen LogP contribution is 2.33. The van der Waals surface area contributed by atoms with Crippen LogP contribution in [0.1, 0.15) is 19.5 Å². The summed E-state index contributed by atoms with van der Waals surface area (Å²) in [5.41, 5.74) is 1.33. The highest BCUT2D eigenvalue weighted by atomic mass is 32.1. The Kier molecular flexibility index (Phi) is 5.07. The molecule has 2 rings (SSSR count). The predicted octanol–water partition coefficient (Wildman–Crippen LogP) is 3.45. The topological polar surface area (TPSA) is 58.1 Å².